The second-order valence-electron chi connectivity index (χ2n) is 5.17. The number of hydrogen-bond donors (Lipinski definition) is 2. The number of nitrogens with zero attached hydrogens (tertiary/aromatic N) is 1. The summed E-state index contributed by atoms with van der Waals surface area (Å²) < 4.78 is 5.78. The van der Waals surface area contributed by atoms with E-state index in [9.17, 15) is 0 Å². The Bertz CT molecular complexity index is 783. The van der Waals surface area contributed by atoms with Crippen LogP contribution in [0.2, 0.25) is 0 Å². The fraction of sp³-hybridized carbons (Fsp3) is 0.0500. The number of ether oxygens (including phenoxy) is 1. The first-order valence-electron chi connectivity index (χ1n) is 7.46. The van der Waals surface area contributed by atoms with Gasteiger partial charge in [0, 0.05) is 17.5 Å². The number of nitrogens with two attached hydrogens (primary N) is 2. The van der Waals surface area contributed by atoms with Gasteiger partial charge in [0.1, 0.15) is 17.3 Å². The molecule has 0 spiro atoms. The minimum absolute atomic E-state index is 0.291. The predicted molar refractivity (Wildman–Crippen MR) is 101 cm³/mol. The van der Waals surface area contributed by atoms with E-state index in [1.54, 1.807) is 6.92 Å². The van der Waals surface area contributed by atoms with Crippen LogP contribution in [0.25, 0.3) is 5.57 Å². The minimum atomic E-state index is 0.291. The van der Waals surface area contributed by atoms with E-state index in [4.69, 9.17) is 16.2 Å². The molecule has 24 heavy (non-hydrogen) atoms. The van der Waals surface area contributed by atoms with Crippen molar-refractivity contribution in [2.24, 2.45) is 16.5 Å². The standard InChI is InChI=1S/C20H21N3O/c1-4-23-20(22)19(15(3)21)14(2)16-10-12-18(13-11-16)24-17-8-6-5-7-9-17/h4-13H,1-2,21H2,3H3,(H2,22,23)/b19-15-. The Morgan fingerprint density at radius 3 is 2.12 bits per heavy atom. The van der Waals surface area contributed by atoms with Crippen LogP contribution in [0.5, 0.6) is 11.5 Å². The molecule has 0 aromatic heterocycles. The lowest BCUT2D eigenvalue weighted by Gasteiger charge is -2.13. The summed E-state index contributed by atoms with van der Waals surface area (Å²) >= 11 is 0. The van der Waals surface area contributed by atoms with Crippen LogP contribution in [-0.2, 0) is 0 Å². The van der Waals surface area contributed by atoms with Gasteiger partial charge in [-0.25, -0.2) is 4.99 Å². The molecule has 0 aliphatic rings. The lowest BCUT2D eigenvalue weighted by molar-refractivity contribution is 0.482. The average Bonchev–Trinajstić information content (AvgIpc) is 2.56. The molecule has 0 fully saturated rings. The second kappa shape index (κ2) is 7.83. The summed E-state index contributed by atoms with van der Waals surface area (Å²) in [5, 5.41) is 0. The highest BCUT2D eigenvalue weighted by Gasteiger charge is 2.12. The molecule has 0 saturated carbocycles. The second-order valence-corrected chi connectivity index (χ2v) is 5.17. The lowest BCUT2D eigenvalue weighted by atomic mass is 9.97. The summed E-state index contributed by atoms with van der Waals surface area (Å²) in [6.07, 6.45) is 1.38. The molecular weight excluding hydrogens is 298 g/mol. The third kappa shape index (κ3) is 4.14. The van der Waals surface area contributed by atoms with Gasteiger partial charge in [0.05, 0.1) is 0 Å². The summed E-state index contributed by atoms with van der Waals surface area (Å²) in [7, 11) is 0. The molecule has 0 amide bonds. The zero-order valence-electron chi connectivity index (χ0n) is 13.7. The fourth-order valence-corrected chi connectivity index (χ4v) is 2.25. The molecule has 4 heteroatoms. The van der Waals surface area contributed by atoms with Gasteiger partial charge in [0.25, 0.3) is 0 Å². The van der Waals surface area contributed by atoms with Crippen molar-refractivity contribution in [1.29, 1.82) is 0 Å². The van der Waals surface area contributed by atoms with Crippen molar-refractivity contribution in [2.45, 2.75) is 6.92 Å². The SMILES string of the molecule is C=CN=C(N)/C(C(=C)c1ccc(Oc2ccccc2)cc1)=C(/C)N. The lowest BCUT2D eigenvalue weighted by Crippen LogP contribution is -2.19. The molecular formula is C20H21N3O. The van der Waals surface area contributed by atoms with E-state index in [1.165, 1.54) is 6.20 Å². The number of amidine groups is 1. The maximum Gasteiger partial charge on any atom is 0.132 e. The first-order chi connectivity index (χ1) is 11.5. The van der Waals surface area contributed by atoms with Crippen LogP contribution < -0.4 is 16.2 Å². The number of benzene rings is 2. The molecule has 0 aliphatic heterocycles. The smallest absolute Gasteiger partial charge is 0.132 e. The van der Waals surface area contributed by atoms with Crippen molar-refractivity contribution in [2.75, 3.05) is 0 Å². The van der Waals surface area contributed by atoms with E-state index in [-0.39, 0.29) is 0 Å². The number of rotatable bonds is 6. The summed E-state index contributed by atoms with van der Waals surface area (Å²) in [5.41, 5.74) is 14.6. The van der Waals surface area contributed by atoms with Crippen LogP contribution in [0.4, 0.5) is 0 Å². The Labute approximate surface area is 142 Å². The molecule has 0 aliphatic carbocycles. The first-order valence-corrected chi connectivity index (χ1v) is 7.46. The van der Waals surface area contributed by atoms with Crippen LogP contribution >= 0.6 is 0 Å². The molecule has 0 heterocycles. The third-order valence-electron chi connectivity index (χ3n) is 3.36. The molecule has 0 atom stereocenters. The van der Waals surface area contributed by atoms with Crippen LogP contribution in [0.1, 0.15) is 12.5 Å². The maximum atomic E-state index is 5.96. The monoisotopic (exact) mass is 319 g/mol. The van der Waals surface area contributed by atoms with Crippen LogP contribution in [0, 0.1) is 0 Å². The Hall–Kier alpha value is -3.27. The zero-order valence-corrected chi connectivity index (χ0v) is 13.7. The van der Waals surface area contributed by atoms with Crippen molar-refractivity contribution in [3.8, 4) is 11.5 Å². The molecule has 2 aromatic rings. The van der Waals surface area contributed by atoms with Crippen LogP contribution in [0.3, 0.4) is 0 Å². The van der Waals surface area contributed by atoms with E-state index in [0.29, 0.717) is 22.7 Å². The summed E-state index contributed by atoms with van der Waals surface area (Å²) in [6, 6.07) is 17.2. The largest absolute Gasteiger partial charge is 0.457 e. The van der Waals surface area contributed by atoms with Gasteiger partial charge in [0.2, 0.25) is 0 Å². The minimum Gasteiger partial charge on any atom is -0.457 e. The first kappa shape index (κ1) is 17.1. The Morgan fingerprint density at radius 1 is 1.00 bits per heavy atom. The van der Waals surface area contributed by atoms with Crippen molar-refractivity contribution in [3.05, 3.63) is 90.8 Å². The molecule has 0 radical (unpaired) electrons. The highest BCUT2D eigenvalue weighted by atomic mass is 16.5. The molecule has 0 unspecified atom stereocenters. The van der Waals surface area contributed by atoms with Crippen molar-refractivity contribution in [1.82, 2.24) is 0 Å². The van der Waals surface area contributed by atoms with E-state index in [0.717, 1.165) is 17.1 Å². The van der Waals surface area contributed by atoms with Crippen molar-refractivity contribution in [3.63, 3.8) is 0 Å². The Morgan fingerprint density at radius 2 is 1.58 bits per heavy atom. The maximum absolute atomic E-state index is 5.96. The van der Waals surface area contributed by atoms with Crippen LogP contribution in [0.15, 0.2) is 90.2 Å². The van der Waals surface area contributed by atoms with E-state index >= 15 is 0 Å². The normalized spacial score (nSPS) is 12.3. The van der Waals surface area contributed by atoms with Gasteiger partial charge in [-0.2, -0.15) is 0 Å². The van der Waals surface area contributed by atoms with Gasteiger partial charge < -0.3 is 16.2 Å². The van der Waals surface area contributed by atoms with Gasteiger partial charge >= 0.3 is 0 Å². The summed E-state index contributed by atoms with van der Waals surface area (Å²) in [4.78, 5) is 4.00. The summed E-state index contributed by atoms with van der Waals surface area (Å²) in [6.45, 7) is 9.40. The third-order valence-corrected chi connectivity index (χ3v) is 3.36. The number of allylic oxidation sites excluding steroid dienone is 1. The number of aliphatic imine (C=N–C) groups is 1. The summed E-state index contributed by atoms with van der Waals surface area (Å²) in [5.74, 6) is 1.81. The van der Waals surface area contributed by atoms with E-state index in [2.05, 4.69) is 18.2 Å². The number of para-hydroxylation sites is 1. The fourth-order valence-electron chi connectivity index (χ4n) is 2.25. The molecule has 4 nitrogen and oxygen atoms in total. The highest BCUT2D eigenvalue weighted by molar-refractivity contribution is 6.11. The number of hydrogen-bond acceptors (Lipinski definition) is 3. The topological polar surface area (TPSA) is 73.6 Å². The van der Waals surface area contributed by atoms with Gasteiger partial charge in [0.15, 0.2) is 0 Å². The molecule has 2 aromatic carbocycles. The molecule has 2 rings (SSSR count). The van der Waals surface area contributed by atoms with Crippen LogP contribution in [-0.4, -0.2) is 5.84 Å². The van der Waals surface area contributed by atoms with E-state index < -0.39 is 0 Å². The molecule has 0 bridgehead atoms. The quantitative estimate of drug-likeness (QED) is 0.475. The van der Waals surface area contributed by atoms with Gasteiger partial charge in [-0.15, -0.1) is 0 Å². The zero-order chi connectivity index (χ0) is 17.5. The van der Waals surface area contributed by atoms with Gasteiger partial charge in [-0.3, -0.25) is 0 Å². The Balaban J connectivity index is 2.23. The molecule has 0 saturated heterocycles. The van der Waals surface area contributed by atoms with Gasteiger partial charge in [-0.05, 0) is 42.3 Å². The average molecular weight is 319 g/mol. The molecule has 122 valence electrons. The Kier molecular flexibility index (Phi) is 5.58. The molecule has 4 N–H and O–H groups in total. The van der Waals surface area contributed by atoms with Crippen molar-refractivity contribution >= 4 is 11.4 Å². The van der Waals surface area contributed by atoms with Gasteiger partial charge in [-0.1, -0.05) is 43.5 Å². The van der Waals surface area contributed by atoms with Crippen molar-refractivity contribution < 1.29 is 4.74 Å². The predicted octanol–water partition coefficient (Wildman–Crippen LogP) is 4.23. The highest BCUT2D eigenvalue weighted by Crippen LogP contribution is 2.27. The van der Waals surface area contributed by atoms with E-state index in [1.807, 2.05) is 54.6 Å².